The number of nitrogens with one attached hydrogen (secondary N) is 2. The number of aromatic nitrogens is 2. The highest BCUT2D eigenvalue weighted by molar-refractivity contribution is 5.90. The number of aliphatic hydroxyl groups excluding tert-OH is 1. The predicted molar refractivity (Wildman–Crippen MR) is 137 cm³/mol. The number of hydrogen-bond donors (Lipinski definition) is 3. The lowest BCUT2D eigenvalue weighted by molar-refractivity contribution is 0.164. The van der Waals surface area contributed by atoms with E-state index in [-0.39, 0.29) is 5.82 Å². The van der Waals surface area contributed by atoms with E-state index in [1.165, 1.54) is 25.0 Å². The second kappa shape index (κ2) is 11.6. The minimum Gasteiger partial charge on any atom is -0.388 e. The fourth-order valence-electron chi connectivity index (χ4n) is 4.74. The molecule has 3 aromatic rings. The smallest absolute Gasteiger partial charge is 0.225 e. The van der Waals surface area contributed by atoms with Crippen molar-refractivity contribution in [2.75, 3.05) is 37.4 Å². The molecule has 7 heteroatoms. The van der Waals surface area contributed by atoms with Crippen LogP contribution < -0.4 is 15.5 Å². The molecule has 1 aromatic heterocycles. The third kappa shape index (κ3) is 6.42. The number of halogens is 1. The van der Waals surface area contributed by atoms with Crippen LogP contribution in [0.15, 0.2) is 48.5 Å². The lowest BCUT2D eigenvalue weighted by atomic mass is 9.86. The largest absolute Gasteiger partial charge is 0.388 e. The molecule has 1 heterocycles. The summed E-state index contributed by atoms with van der Waals surface area (Å²) in [4.78, 5) is 11.6. The first kappa shape index (κ1) is 24.4. The molecule has 0 saturated heterocycles. The van der Waals surface area contributed by atoms with Crippen molar-refractivity contribution < 1.29 is 9.50 Å². The summed E-state index contributed by atoms with van der Waals surface area (Å²) < 4.78 is 13.0. The second-order valence-electron chi connectivity index (χ2n) is 9.56. The fourth-order valence-corrected chi connectivity index (χ4v) is 4.74. The first-order chi connectivity index (χ1) is 16.5. The van der Waals surface area contributed by atoms with Gasteiger partial charge in [-0.2, -0.15) is 4.98 Å². The summed E-state index contributed by atoms with van der Waals surface area (Å²) in [5.41, 5.74) is 1.74. The number of fused-ring (bicyclic) bond motifs is 1. The van der Waals surface area contributed by atoms with Crippen LogP contribution in [0, 0.1) is 11.7 Å². The van der Waals surface area contributed by atoms with Crippen LogP contribution in [-0.4, -0.2) is 48.3 Å². The molecule has 34 heavy (non-hydrogen) atoms. The number of anilines is 2. The highest BCUT2D eigenvalue weighted by Crippen LogP contribution is 2.28. The summed E-state index contributed by atoms with van der Waals surface area (Å²) in [5, 5.41) is 18.4. The standard InChI is InChI=1S/C27H36FN5O/c1-33(2)26-23-6-3-4-7-24(23)31-27(32-26)30-22-15-9-19(10-16-22)18-29-17-5-8-25(34)20-11-13-21(28)14-12-20/h3-4,6-7,11-14,19,22,25,29,34H,5,8-10,15-18H2,1-2H3,(H,30,31,32)/t19-,22+,25?. The minimum atomic E-state index is -0.533. The summed E-state index contributed by atoms with van der Waals surface area (Å²) in [7, 11) is 4.03. The predicted octanol–water partition coefficient (Wildman–Crippen LogP) is 4.91. The maximum atomic E-state index is 13.0. The molecular formula is C27H36FN5O. The summed E-state index contributed by atoms with van der Waals surface area (Å²) >= 11 is 0. The highest BCUT2D eigenvalue weighted by atomic mass is 19.1. The molecule has 0 spiro atoms. The first-order valence-corrected chi connectivity index (χ1v) is 12.3. The monoisotopic (exact) mass is 465 g/mol. The first-order valence-electron chi connectivity index (χ1n) is 12.3. The molecule has 1 aliphatic rings. The summed E-state index contributed by atoms with van der Waals surface area (Å²) in [6.07, 6.45) is 5.62. The zero-order valence-corrected chi connectivity index (χ0v) is 20.2. The van der Waals surface area contributed by atoms with Crippen molar-refractivity contribution in [3.63, 3.8) is 0 Å². The average Bonchev–Trinajstić information content (AvgIpc) is 2.84. The van der Waals surface area contributed by atoms with Gasteiger partial charge in [-0.15, -0.1) is 0 Å². The third-order valence-electron chi connectivity index (χ3n) is 6.71. The Labute approximate surface area is 201 Å². The van der Waals surface area contributed by atoms with Gasteiger partial charge in [0.1, 0.15) is 11.6 Å². The molecule has 1 saturated carbocycles. The summed E-state index contributed by atoms with van der Waals surface area (Å²) in [6.45, 7) is 1.89. The van der Waals surface area contributed by atoms with E-state index in [4.69, 9.17) is 9.97 Å². The molecular weight excluding hydrogens is 429 g/mol. The minimum absolute atomic E-state index is 0.273. The van der Waals surface area contributed by atoms with Crippen LogP contribution >= 0.6 is 0 Å². The second-order valence-corrected chi connectivity index (χ2v) is 9.56. The van der Waals surface area contributed by atoms with Gasteiger partial charge in [-0.05, 0) is 87.4 Å². The molecule has 4 rings (SSSR count). The van der Waals surface area contributed by atoms with Gasteiger partial charge in [0.25, 0.3) is 0 Å². The SMILES string of the molecule is CN(C)c1nc(N[C@H]2CC[C@@H](CNCCCC(O)c3ccc(F)cc3)CC2)nc2ccccc12. The van der Waals surface area contributed by atoms with E-state index in [0.717, 1.165) is 54.6 Å². The number of aliphatic hydroxyl groups is 1. The van der Waals surface area contributed by atoms with Crippen LogP contribution in [0.1, 0.15) is 50.2 Å². The number of rotatable bonds is 10. The highest BCUT2D eigenvalue weighted by Gasteiger charge is 2.22. The number of hydrogen-bond acceptors (Lipinski definition) is 6. The van der Waals surface area contributed by atoms with Crippen molar-refractivity contribution in [3.8, 4) is 0 Å². The Morgan fingerprint density at radius 2 is 1.76 bits per heavy atom. The fraction of sp³-hybridized carbons (Fsp3) is 0.481. The van der Waals surface area contributed by atoms with Gasteiger partial charge >= 0.3 is 0 Å². The zero-order valence-electron chi connectivity index (χ0n) is 20.2. The molecule has 0 bridgehead atoms. The summed E-state index contributed by atoms with van der Waals surface area (Å²) in [5.74, 6) is 2.06. The third-order valence-corrected chi connectivity index (χ3v) is 6.71. The molecule has 1 unspecified atom stereocenters. The van der Waals surface area contributed by atoms with Gasteiger partial charge in [0, 0.05) is 25.5 Å². The van der Waals surface area contributed by atoms with Gasteiger partial charge in [0.2, 0.25) is 5.95 Å². The van der Waals surface area contributed by atoms with E-state index in [1.807, 2.05) is 37.2 Å². The zero-order chi connectivity index (χ0) is 23.9. The topological polar surface area (TPSA) is 73.3 Å². The average molecular weight is 466 g/mol. The van der Waals surface area contributed by atoms with Gasteiger partial charge in [-0.1, -0.05) is 24.3 Å². The molecule has 6 nitrogen and oxygen atoms in total. The lowest BCUT2D eigenvalue weighted by Crippen LogP contribution is -2.32. The van der Waals surface area contributed by atoms with E-state index >= 15 is 0 Å². The van der Waals surface area contributed by atoms with Gasteiger partial charge < -0.3 is 20.6 Å². The van der Waals surface area contributed by atoms with Crippen LogP contribution in [0.25, 0.3) is 10.9 Å². The quantitative estimate of drug-likeness (QED) is 0.370. The van der Waals surface area contributed by atoms with Crippen molar-refractivity contribution in [1.29, 1.82) is 0 Å². The number of nitrogens with zero attached hydrogens (tertiary/aromatic N) is 3. The molecule has 0 aliphatic heterocycles. The van der Waals surface area contributed by atoms with Crippen molar-refractivity contribution >= 4 is 22.7 Å². The Bertz CT molecular complexity index is 1050. The van der Waals surface area contributed by atoms with Crippen LogP contribution in [0.2, 0.25) is 0 Å². The van der Waals surface area contributed by atoms with Crippen LogP contribution in [0.5, 0.6) is 0 Å². The van der Waals surface area contributed by atoms with Gasteiger partial charge in [-0.3, -0.25) is 0 Å². The molecule has 182 valence electrons. The van der Waals surface area contributed by atoms with Crippen molar-refractivity contribution in [1.82, 2.24) is 15.3 Å². The maximum absolute atomic E-state index is 13.0. The van der Waals surface area contributed by atoms with E-state index in [9.17, 15) is 9.50 Å². The van der Waals surface area contributed by atoms with Gasteiger partial charge in [0.15, 0.2) is 0 Å². The van der Waals surface area contributed by atoms with Gasteiger partial charge in [-0.25, -0.2) is 9.37 Å². The molecule has 0 radical (unpaired) electrons. The number of benzene rings is 2. The maximum Gasteiger partial charge on any atom is 0.225 e. The normalized spacial score (nSPS) is 19.2. The van der Waals surface area contributed by atoms with Crippen LogP contribution in [0.3, 0.4) is 0 Å². The molecule has 1 atom stereocenters. The van der Waals surface area contributed by atoms with Crippen molar-refractivity contribution in [3.05, 3.63) is 59.9 Å². The lowest BCUT2D eigenvalue weighted by Gasteiger charge is -2.29. The Hall–Kier alpha value is -2.77. The molecule has 3 N–H and O–H groups in total. The van der Waals surface area contributed by atoms with Crippen LogP contribution in [0.4, 0.5) is 16.2 Å². The summed E-state index contributed by atoms with van der Waals surface area (Å²) in [6, 6.07) is 14.7. The van der Waals surface area contributed by atoms with E-state index in [2.05, 4.69) is 16.7 Å². The Balaban J connectivity index is 1.17. The van der Waals surface area contributed by atoms with E-state index in [0.29, 0.717) is 24.3 Å². The van der Waals surface area contributed by atoms with Gasteiger partial charge in [0.05, 0.1) is 11.6 Å². The van der Waals surface area contributed by atoms with Crippen molar-refractivity contribution in [2.45, 2.75) is 50.7 Å². The molecule has 1 fully saturated rings. The number of para-hydroxylation sites is 1. The Morgan fingerprint density at radius 3 is 2.50 bits per heavy atom. The molecule has 2 aromatic carbocycles. The Kier molecular flexibility index (Phi) is 8.29. The van der Waals surface area contributed by atoms with E-state index in [1.54, 1.807) is 12.1 Å². The van der Waals surface area contributed by atoms with Crippen molar-refractivity contribution in [2.24, 2.45) is 5.92 Å². The Morgan fingerprint density at radius 1 is 1.03 bits per heavy atom. The molecule has 0 amide bonds. The van der Waals surface area contributed by atoms with E-state index < -0.39 is 6.10 Å². The molecule has 1 aliphatic carbocycles. The van der Waals surface area contributed by atoms with Crippen LogP contribution in [-0.2, 0) is 0 Å².